The molecule has 2 aromatic rings. The minimum absolute atomic E-state index is 0.101. The summed E-state index contributed by atoms with van der Waals surface area (Å²) in [7, 11) is 0. The summed E-state index contributed by atoms with van der Waals surface area (Å²) in [5, 5.41) is 0. The lowest BCUT2D eigenvalue weighted by atomic mass is 9.75. The lowest BCUT2D eigenvalue weighted by Crippen LogP contribution is -2.30. The van der Waals surface area contributed by atoms with E-state index in [1.165, 1.54) is 6.07 Å². The van der Waals surface area contributed by atoms with Crippen molar-refractivity contribution < 1.29 is 13.2 Å². The molecule has 0 saturated carbocycles. The number of benzene rings is 2. The molecule has 1 nitrogen and oxygen atoms in total. The number of rotatable bonds is 2. The maximum Gasteiger partial charge on any atom is 0.433 e. The van der Waals surface area contributed by atoms with Gasteiger partial charge in [0, 0.05) is 5.56 Å². The zero-order chi connectivity index (χ0) is 16.0. The van der Waals surface area contributed by atoms with E-state index in [0.29, 0.717) is 5.56 Å². The molecule has 0 amide bonds. The van der Waals surface area contributed by atoms with E-state index in [9.17, 15) is 13.2 Å². The highest BCUT2D eigenvalue weighted by Gasteiger charge is 2.50. The first-order chi connectivity index (χ1) is 10.4. The minimum atomic E-state index is -4.46. The number of nitrogens with zero attached hydrogens (tertiary/aromatic N) is 1. The smallest absolute Gasteiger partial charge is 0.263 e. The van der Waals surface area contributed by atoms with E-state index < -0.39 is 17.4 Å². The largest absolute Gasteiger partial charge is 0.433 e. The molecule has 0 aromatic heterocycles. The topological polar surface area (TPSA) is 12.4 Å². The van der Waals surface area contributed by atoms with E-state index in [1.807, 2.05) is 44.2 Å². The first kappa shape index (κ1) is 14.8. The molecule has 0 radical (unpaired) electrons. The fourth-order valence-electron chi connectivity index (χ4n) is 3.22. The molecule has 0 saturated heterocycles. The molecule has 1 aliphatic heterocycles. The van der Waals surface area contributed by atoms with Crippen molar-refractivity contribution in [3.8, 4) is 0 Å². The maximum absolute atomic E-state index is 13.4. The molecule has 22 heavy (non-hydrogen) atoms. The van der Waals surface area contributed by atoms with Gasteiger partial charge in [-0.3, -0.25) is 4.99 Å². The quantitative estimate of drug-likeness (QED) is 0.744. The van der Waals surface area contributed by atoms with E-state index in [1.54, 1.807) is 18.2 Å². The zero-order valence-electron chi connectivity index (χ0n) is 12.4. The first-order valence-corrected chi connectivity index (χ1v) is 7.20. The average Bonchev–Trinajstić information content (AvgIpc) is 2.85. The summed E-state index contributed by atoms with van der Waals surface area (Å²) in [6.07, 6.45) is -4.46. The second-order valence-electron chi connectivity index (χ2n) is 5.79. The van der Waals surface area contributed by atoms with E-state index in [2.05, 4.69) is 4.99 Å². The van der Waals surface area contributed by atoms with Gasteiger partial charge >= 0.3 is 6.18 Å². The predicted octanol–water partition coefficient (Wildman–Crippen LogP) is 4.95. The van der Waals surface area contributed by atoms with Gasteiger partial charge < -0.3 is 0 Å². The summed E-state index contributed by atoms with van der Waals surface area (Å²) in [5.41, 5.74) is -0.156. The van der Waals surface area contributed by atoms with Crippen LogP contribution in [0.2, 0.25) is 0 Å². The second kappa shape index (κ2) is 4.97. The molecule has 1 heterocycles. The molecule has 2 aromatic carbocycles. The Bertz CT molecular complexity index is 717. The van der Waals surface area contributed by atoms with Gasteiger partial charge in [0.25, 0.3) is 0 Å². The van der Waals surface area contributed by atoms with E-state index >= 15 is 0 Å². The van der Waals surface area contributed by atoms with Gasteiger partial charge in [-0.25, -0.2) is 0 Å². The molecular weight excluding hydrogens is 287 g/mol. The van der Waals surface area contributed by atoms with Crippen molar-refractivity contribution in [1.82, 2.24) is 0 Å². The number of aliphatic imine (C=N–C) groups is 1. The molecule has 4 heteroatoms. The lowest BCUT2D eigenvalue weighted by Gasteiger charge is -2.32. The third kappa shape index (κ3) is 2.05. The van der Waals surface area contributed by atoms with Crippen LogP contribution in [-0.4, -0.2) is 11.9 Å². The minimum Gasteiger partial charge on any atom is -0.263 e. The number of halogens is 3. The Labute approximate surface area is 127 Å². The Balaban J connectivity index is 2.35. The van der Waals surface area contributed by atoms with E-state index in [4.69, 9.17) is 0 Å². The summed E-state index contributed by atoms with van der Waals surface area (Å²) >= 11 is 0. The predicted molar refractivity (Wildman–Crippen MR) is 81.1 cm³/mol. The standard InChI is InChI=1S/C18H16F3N/c1-12(2)17(13-8-4-3-5-9-13)15-11-7-6-10-14(15)16(22-17)18(19,20)21/h3-12H,1-2H3/t17-/m0/s1. The summed E-state index contributed by atoms with van der Waals surface area (Å²) in [5.74, 6) is -0.101. The Kier molecular flexibility index (Phi) is 3.35. The Morgan fingerprint density at radius 3 is 2.09 bits per heavy atom. The van der Waals surface area contributed by atoms with Gasteiger partial charge in [0.1, 0.15) is 11.3 Å². The average molecular weight is 303 g/mol. The molecule has 114 valence electrons. The van der Waals surface area contributed by atoms with Gasteiger partial charge in [-0.05, 0) is 17.0 Å². The maximum atomic E-state index is 13.4. The monoisotopic (exact) mass is 303 g/mol. The number of hydrogen-bond acceptors (Lipinski definition) is 1. The normalized spacial score (nSPS) is 20.9. The zero-order valence-corrected chi connectivity index (χ0v) is 12.4. The van der Waals surface area contributed by atoms with Crippen molar-refractivity contribution in [2.45, 2.75) is 25.6 Å². The molecule has 0 unspecified atom stereocenters. The molecule has 0 spiro atoms. The number of hydrogen-bond donors (Lipinski definition) is 0. The molecule has 0 N–H and O–H groups in total. The number of alkyl halides is 3. The summed E-state index contributed by atoms with van der Waals surface area (Å²) in [4.78, 5) is 4.22. The highest BCUT2D eigenvalue weighted by molar-refractivity contribution is 6.08. The van der Waals surface area contributed by atoms with Crippen molar-refractivity contribution in [3.63, 3.8) is 0 Å². The molecule has 0 aliphatic carbocycles. The fourth-order valence-corrected chi connectivity index (χ4v) is 3.22. The SMILES string of the molecule is CC(C)[C@@]1(c2ccccc2)N=C(C(F)(F)F)c2ccccc21. The van der Waals surface area contributed by atoms with Gasteiger partial charge in [-0.1, -0.05) is 68.4 Å². The highest BCUT2D eigenvalue weighted by Crippen LogP contribution is 2.48. The van der Waals surface area contributed by atoms with Gasteiger partial charge in [-0.15, -0.1) is 0 Å². The molecule has 3 rings (SSSR count). The van der Waals surface area contributed by atoms with Crippen molar-refractivity contribution in [3.05, 3.63) is 71.3 Å². The summed E-state index contributed by atoms with van der Waals surface area (Å²) in [6.45, 7) is 3.82. The highest BCUT2D eigenvalue weighted by atomic mass is 19.4. The second-order valence-corrected chi connectivity index (χ2v) is 5.79. The third-order valence-electron chi connectivity index (χ3n) is 4.20. The Hall–Kier alpha value is -2.10. The van der Waals surface area contributed by atoms with Crippen molar-refractivity contribution >= 4 is 5.71 Å². The van der Waals surface area contributed by atoms with Crippen molar-refractivity contribution in [1.29, 1.82) is 0 Å². The molecule has 1 atom stereocenters. The van der Waals surface area contributed by atoms with Crippen LogP contribution in [0.25, 0.3) is 0 Å². The van der Waals surface area contributed by atoms with E-state index in [-0.39, 0.29) is 11.5 Å². The lowest BCUT2D eigenvalue weighted by molar-refractivity contribution is -0.0582. The van der Waals surface area contributed by atoms with Gasteiger partial charge in [0.15, 0.2) is 0 Å². The van der Waals surface area contributed by atoms with E-state index in [0.717, 1.165) is 5.56 Å². The van der Waals surface area contributed by atoms with Crippen molar-refractivity contribution in [2.24, 2.45) is 10.9 Å². The van der Waals surface area contributed by atoms with Crippen LogP contribution in [0.1, 0.15) is 30.5 Å². The Morgan fingerprint density at radius 1 is 0.909 bits per heavy atom. The van der Waals surface area contributed by atoms with Crippen LogP contribution in [-0.2, 0) is 5.54 Å². The van der Waals surface area contributed by atoms with Crippen LogP contribution in [0, 0.1) is 5.92 Å². The summed E-state index contributed by atoms with van der Waals surface area (Å²) in [6, 6.07) is 15.9. The van der Waals surface area contributed by atoms with Crippen LogP contribution in [0.3, 0.4) is 0 Å². The summed E-state index contributed by atoms with van der Waals surface area (Å²) < 4.78 is 40.3. The molecule has 1 aliphatic rings. The molecule has 0 bridgehead atoms. The fraction of sp³-hybridized carbons (Fsp3) is 0.278. The Morgan fingerprint density at radius 2 is 1.50 bits per heavy atom. The van der Waals surface area contributed by atoms with Crippen molar-refractivity contribution in [2.75, 3.05) is 0 Å². The van der Waals surface area contributed by atoms with Crippen LogP contribution in [0.5, 0.6) is 0 Å². The van der Waals surface area contributed by atoms with Crippen LogP contribution in [0.15, 0.2) is 59.6 Å². The molecule has 0 fully saturated rings. The number of fused-ring (bicyclic) bond motifs is 1. The van der Waals surface area contributed by atoms with Gasteiger partial charge in [-0.2, -0.15) is 13.2 Å². The first-order valence-electron chi connectivity index (χ1n) is 7.20. The van der Waals surface area contributed by atoms with Crippen LogP contribution >= 0.6 is 0 Å². The van der Waals surface area contributed by atoms with Gasteiger partial charge in [0.05, 0.1) is 0 Å². The van der Waals surface area contributed by atoms with Crippen LogP contribution < -0.4 is 0 Å². The third-order valence-corrected chi connectivity index (χ3v) is 4.20. The van der Waals surface area contributed by atoms with Crippen LogP contribution in [0.4, 0.5) is 13.2 Å². The van der Waals surface area contributed by atoms with Gasteiger partial charge in [0.2, 0.25) is 0 Å². The molecular formula is C18H16F3N.